The van der Waals surface area contributed by atoms with Crippen LogP contribution in [0.3, 0.4) is 0 Å². The van der Waals surface area contributed by atoms with Crippen molar-refractivity contribution in [3.63, 3.8) is 0 Å². The van der Waals surface area contributed by atoms with Crippen LogP contribution in [0.2, 0.25) is 0 Å². The SMILES string of the molecule is C/C=C/C1=C(C(=O)OCC)C(=O)C(C)(C)O1. The molecule has 0 aliphatic carbocycles. The molecule has 0 radical (unpaired) electrons. The molecule has 0 atom stereocenters. The molecule has 0 saturated carbocycles. The molecule has 0 aromatic heterocycles. The van der Waals surface area contributed by atoms with Gasteiger partial charge >= 0.3 is 5.97 Å². The summed E-state index contributed by atoms with van der Waals surface area (Å²) < 4.78 is 10.3. The summed E-state index contributed by atoms with van der Waals surface area (Å²) in [4.78, 5) is 23.5. The van der Waals surface area contributed by atoms with Crippen molar-refractivity contribution in [2.24, 2.45) is 0 Å². The quantitative estimate of drug-likeness (QED) is 0.541. The number of allylic oxidation sites excluding steroid dienone is 2. The van der Waals surface area contributed by atoms with Crippen molar-refractivity contribution < 1.29 is 19.1 Å². The molecule has 0 fully saturated rings. The topological polar surface area (TPSA) is 52.6 Å². The molecule has 4 nitrogen and oxygen atoms in total. The van der Waals surface area contributed by atoms with E-state index in [9.17, 15) is 9.59 Å². The van der Waals surface area contributed by atoms with Crippen LogP contribution in [-0.2, 0) is 19.1 Å². The first-order chi connectivity index (χ1) is 7.44. The van der Waals surface area contributed by atoms with Crippen LogP contribution < -0.4 is 0 Å². The van der Waals surface area contributed by atoms with E-state index in [0.29, 0.717) is 0 Å². The average molecular weight is 224 g/mol. The Morgan fingerprint density at radius 2 is 2.12 bits per heavy atom. The first-order valence-corrected chi connectivity index (χ1v) is 5.22. The van der Waals surface area contributed by atoms with Crippen LogP contribution in [0, 0.1) is 0 Å². The molecule has 1 heterocycles. The maximum absolute atomic E-state index is 11.9. The number of Topliss-reactive ketones (excluding diaryl/α,β-unsaturated/α-hetero) is 1. The molecule has 1 rings (SSSR count). The van der Waals surface area contributed by atoms with E-state index in [0.717, 1.165) is 0 Å². The van der Waals surface area contributed by atoms with Gasteiger partial charge in [-0.3, -0.25) is 4.79 Å². The summed E-state index contributed by atoms with van der Waals surface area (Å²) in [5, 5.41) is 0. The smallest absolute Gasteiger partial charge is 0.345 e. The second-order valence-corrected chi connectivity index (χ2v) is 3.90. The fourth-order valence-corrected chi connectivity index (χ4v) is 1.45. The van der Waals surface area contributed by atoms with Crippen molar-refractivity contribution in [2.45, 2.75) is 33.3 Å². The number of carbonyl (C=O) groups excluding carboxylic acids is 2. The van der Waals surface area contributed by atoms with Crippen LogP contribution in [0.5, 0.6) is 0 Å². The van der Waals surface area contributed by atoms with Gasteiger partial charge in [-0.05, 0) is 33.8 Å². The molecule has 0 saturated heterocycles. The number of rotatable bonds is 3. The lowest BCUT2D eigenvalue weighted by atomic mass is 9.99. The van der Waals surface area contributed by atoms with Crippen molar-refractivity contribution >= 4 is 11.8 Å². The molecule has 0 aromatic carbocycles. The third-order valence-electron chi connectivity index (χ3n) is 2.18. The Hall–Kier alpha value is -1.58. The zero-order chi connectivity index (χ0) is 12.3. The summed E-state index contributed by atoms with van der Waals surface area (Å²) in [6.45, 7) is 6.98. The lowest BCUT2D eigenvalue weighted by Gasteiger charge is -2.16. The molecule has 0 aromatic rings. The standard InChI is InChI=1S/C12H16O4/c1-5-7-8-9(11(14)15-6-2)10(13)12(3,4)16-8/h5,7H,6H2,1-4H3/b7-5+. The van der Waals surface area contributed by atoms with E-state index in [1.165, 1.54) is 0 Å². The van der Waals surface area contributed by atoms with E-state index in [-0.39, 0.29) is 23.7 Å². The summed E-state index contributed by atoms with van der Waals surface area (Å²) in [6.07, 6.45) is 3.31. The Kier molecular flexibility index (Phi) is 3.52. The van der Waals surface area contributed by atoms with Gasteiger partial charge in [-0.15, -0.1) is 0 Å². The zero-order valence-electron chi connectivity index (χ0n) is 9.99. The summed E-state index contributed by atoms with van der Waals surface area (Å²) in [5.74, 6) is -0.666. The Bertz CT molecular complexity index is 374. The van der Waals surface area contributed by atoms with Gasteiger partial charge < -0.3 is 9.47 Å². The minimum Gasteiger partial charge on any atom is -0.479 e. The summed E-state index contributed by atoms with van der Waals surface area (Å²) >= 11 is 0. The van der Waals surface area contributed by atoms with Gasteiger partial charge in [-0.25, -0.2) is 4.79 Å². The van der Waals surface area contributed by atoms with E-state index in [4.69, 9.17) is 9.47 Å². The molecule has 4 heteroatoms. The summed E-state index contributed by atoms with van der Waals surface area (Å²) in [5.41, 5.74) is -0.985. The average Bonchev–Trinajstić information content (AvgIpc) is 2.39. The molecular formula is C12H16O4. The molecule has 1 aliphatic heterocycles. The summed E-state index contributed by atoms with van der Waals surface area (Å²) in [6, 6.07) is 0. The fraction of sp³-hybridized carbons (Fsp3) is 0.500. The summed E-state index contributed by atoms with van der Waals surface area (Å²) in [7, 11) is 0. The van der Waals surface area contributed by atoms with Gasteiger partial charge in [-0.1, -0.05) is 6.08 Å². The third kappa shape index (κ3) is 2.15. The Balaban J connectivity index is 3.11. The molecule has 0 amide bonds. The molecule has 16 heavy (non-hydrogen) atoms. The number of hydrogen-bond donors (Lipinski definition) is 0. The third-order valence-corrected chi connectivity index (χ3v) is 2.18. The number of esters is 1. The zero-order valence-corrected chi connectivity index (χ0v) is 9.99. The van der Waals surface area contributed by atoms with Crippen molar-refractivity contribution in [3.05, 3.63) is 23.5 Å². The highest BCUT2D eigenvalue weighted by Crippen LogP contribution is 2.31. The van der Waals surface area contributed by atoms with Crippen LogP contribution >= 0.6 is 0 Å². The van der Waals surface area contributed by atoms with E-state index >= 15 is 0 Å². The normalized spacial score (nSPS) is 19.1. The van der Waals surface area contributed by atoms with Crippen molar-refractivity contribution in [2.75, 3.05) is 6.61 Å². The highest BCUT2D eigenvalue weighted by atomic mass is 16.5. The van der Waals surface area contributed by atoms with Gasteiger partial charge in [0.15, 0.2) is 5.60 Å². The largest absolute Gasteiger partial charge is 0.479 e. The fourth-order valence-electron chi connectivity index (χ4n) is 1.45. The van der Waals surface area contributed by atoms with Crippen LogP contribution in [-0.4, -0.2) is 24.0 Å². The van der Waals surface area contributed by atoms with Crippen LogP contribution in [0.15, 0.2) is 23.5 Å². The highest BCUT2D eigenvalue weighted by Gasteiger charge is 2.44. The minimum absolute atomic E-state index is 0.00458. The van der Waals surface area contributed by atoms with Gasteiger partial charge in [0.05, 0.1) is 6.61 Å². The molecular weight excluding hydrogens is 208 g/mol. The number of hydrogen-bond acceptors (Lipinski definition) is 4. The Labute approximate surface area is 94.9 Å². The second kappa shape index (κ2) is 4.51. The van der Waals surface area contributed by atoms with E-state index in [1.54, 1.807) is 39.8 Å². The van der Waals surface area contributed by atoms with Gasteiger partial charge in [0.2, 0.25) is 5.78 Å². The first kappa shape index (κ1) is 12.5. The van der Waals surface area contributed by atoms with E-state index in [1.807, 2.05) is 0 Å². The molecule has 0 bridgehead atoms. The van der Waals surface area contributed by atoms with Crippen molar-refractivity contribution in [3.8, 4) is 0 Å². The number of ether oxygens (including phenoxy) is 2. The second-order valence-electron chi connectivity index (χ2n) is 3.90. The highest BCUT2D eigenvalue weighted by molar-refractivity contribution is 6.22. The monoisotopic (exact) mass is 224 g/mol. The van der Waals surface area contributed by atoms with Gasteiger partial charge in [0, 0.05) is 0 Å². The van der Waals surface area contributed by atoms with E-state index in [2.05, 4.69) is 0 Å². The lowest BCUT2D eigenvalue weighted by molar-refractivity contribution is -0.140. The predicted molar refractivity (Wildman–Crippen MR) is 58.6 cm³/mol. The van der Waals surface area contributed by atoms with Crippen LogP contribution in [0.4, 0.5) is 0 Å². The molecule has 88 valence electrons. The molecule has 0 N–H and O–H groups in total. The van der Waals surface area contributed by atoms with Gasteiger partial charge in [-0.2, -0.15) is 0 Å². The lowest BCUT2D eigenvalue weighted by Crippen LogP contribution is -2.31. The van der Waals surface area contributed by atoms with Gasteiger partial charge in [0.25, 0.3) is 0 Å². The predicted octanol–water partition coefficient (Wildman–Crippen LogP) is 1.76. The van der Waals surface area contributed by atoms with Crippen molar-refractivity contribution in [1.82, 2.24) is 0 Å². The van der Waals surface area contributed by atoms with E-state index < -0.39 is 11.6 Å². The molecule has 1 aliphatic rings. The maximum Gasteiger partial charge on any atom is 0.345 e. The number of ketones is 1. The Morgan fingerprint density at radius 1 is 1.50 bits per heavy atom. The van der Waals surface area contributed by atoms with Crippen molar-refractivity contribution in [1.29, 1.82) is 0 Å². The molecule has 0 spiro atoms. The molecule has 0 unspecified atom stereocenters. The van der Waals surface area contributed by atoms with Crippen LogP contribution in [0.1, 0.15) is 27.7 Å². The van der Waals surface area contributed by atoms with Crippen LogP contribution in [0.25, 0.3) is 0 Å². The first-order valence-electron chi connectivity index (χ1n) is 5.22. The minimum atomic E-state index is -0.989. The Morgan fingerprint density at radius 3 is 2.62 bits per heavy atom. The maximum atomic E-state index is 11.9. The van der Waals surface area contributed by atoms with Gasteiger partial charge in [0.1, 0.15) is 11.3 Å². The number of carbonyl (C=O) groups is 2.